The van der Waals surface area contributed by atoms with Crippen LogP contribution in [-0.4, -0.2) is 110 Å². The Morgan fingerprint density at radius 2 is 1.39 bits per heavy atom. The van der Waals surface area contributed by atoms with Crippen LogP contribution in [0.3, 0.4) is 0 Å². The van der Waals surface area contributed by atoms with Crippen LogP contribution in [0.4, 0.5) is 4.39 Å². The van der Waals surface area contributed by atoms with Gasteiger partial charge in [0, 0.05) is 0 Å². The molecule has 136 valence electrons. The molecule has 10 atom stereocenters. The van der Waals surface area contributed by atoms with Gasteiger partial charge in [-0.15, -0.1) is 0 Å². The SMILES string of the molecule is OC[C@H]1O[C@@H](O[C@H]2[C@H](O)[C@@H](O)[C@H](O)O[C@@H]2CO)[C@H](F)[C@@H](O)[C@H]1O. The van der Waals surface area contributed by atoms with Crippen molar-refractivity contribution in [2.75, 3.05) is 13.2 Å². The first-order chi connectivity index (χ1) is 10.8. The van der Waals surface area contributed by atoms with Crippen LogP contribution in [0, 0.1) is 0 Å². The van der Waals surface area contributed by atoms with E-state index in [-0.39, 0.29) is 0 Å². The van der Waals surface area contributed by atoms with Crippen LogP contribution >= 0.6 is 0 Å². The summed E-state index contributed by atoms with van der Waals surface area (Å²) in [5.41, 5.74) is 0. The summed E-state index contributed by atoms with van der Waals surface area (Å²) in [5, 5.41) is 66.2. The number of ether oxygens (including phenoxy) is 3. The smallest absolute Gasteiger partial charge is 0.192 e. The third kappa shape index (κ3) is 3.64. The zero-order valence-electron chi connectivity index (χ0n) is 11.9. The fourth-order valence-electron chi connectivity index (χ4n) is 2.55. The topological polar surface area (TPSA) is 169 Å². The van der Waals surface area contributed by atoms with Crippen LogP contribution in [0.5, 0.6) is 0 Å². The predicted molar refractivity (Wildman–Crippen MR) is 67.5 cm³/mol. The fourth-order valence-corrected chi connectivity index (χ4v) is 2.55. The van der Waals surface area contributed by atoms with Gasteiger partial charge in [0.25, 0.3) is 0 Å². The van der Waals surface area contributed by atoms with E-state index in [1.54, 1.807) is 0 Å². The van der Waals surface area contributed by atoms with Crippen molar-refractivity contribution in [1.29, 1.82) is 0 Å². The van der Waals surface area contributed by atoms with E-state index in [1.165, 1.54) is 0 Å². The number of rotatable bonds is 4. The van der Waals surface area contributed by atoms with Gasteiger partial charge in [-0.1, -0.05) is 0 Å². The zero-order chi connectivity index (χ0) is 17.3. The van der Waals surface area contributed by atoms with Crippen LogP contribution in [-0.2, 0) is 14.2 Å². The largest absolute Gasteiger partial charge is 0.394 e. The van der Waals surface area contributed by atoms with Gasteiger partial charge in [-0.3, -0.25) is 0 Å². The summed E-state index contributed by atoms with van der Waals surface area (Å²) < 4.78 is 29.0. The van der Waals surface area contributed by atoms with Crippen LogP contribution in [0.2, 0.25) is 0 Å². The second-order valence-corrected chi connectivity index (χ2v) is 5.48. The highest BCUT2D eigenvalue weighted by Gasteiger charge is 2.50. The molecular weight excluding hydrogens is 323 g/mol. The Morgan fingerprint density at radius 3 is 1.96 bits per heavy atom. The van der Waals surface area contributed by atoms with Crippen molar-refractivity contribution in [1.82, 2.24) is 0 Å². The van der Waals surface area contributed by atoms with Gasteiger partial charge in [0.2, 0.25) is 0 Å². The average Bonchev–Trinajstić information content (AvgIpc) is 2.55. The molecule has 0 amide bonds. The van der Waals surface area contributed by atoms with Crippen molar-refractivity contribution in [3.8, 4) is 0 Å². The maximum absolute atomic E-state index is 14.1. The number of alkyl halides is 1. The lowest BCUT2D eigenvalue weighted by Crippen LogP contribution is -2.63. The molecule has 2 saturated heterocycles. The van der Waals surface area contributed by atoms with Gasteiger partial charge < -0.3 is 50.0 Å². The molecule has 0 aromatic rings. The summed E-state index contributed by atoms with van der Waals surface area (Å²) in [4.78, 5) is 0. The van der Waals surface area contributed by atoms with E-state index in [9.17, 15) is 35.0 Å². The Labute approximate surface area is 130 Å². The Morgan fingerprint density at radius 1 is 0.783 bits per heavy atom. The summed E-state index contributed by atoms with van der Waals surface area (Å²) in [7, 11) is 0. The van der Waals surface area contributed by atoms with Gasteiger partial charge >= 0.3 is 0 Å². The lowest BCUT2D eigenvalue weighted by atomic mass is 9.97. The highest BCUT2D eigenvalue weighted by Crippen LogP contribution is 2.29. The maximum atomic E-state index is 14.1. The van der Waals surface area contributed by atoms with E-state index in [0.29, 0.717) is 0 Å². The number of aliphatic hydroxyl groups is 7. The quantitative estimate of drug-likeness (QED) is 0.264. The van der Waals surface area contributed by atoms with Crippen LogP contribution < -0.4 is 0 Å². The minimum atomic E-state index is -2.22. The molecule has 0 aliphatic carbocycles. The van der Waals surface area contributed by atoms with Crippen molar-refractivity contribution in [2.45, 2.75) is 61.5 Å². The molecule has 0 spiro atoms. The summed E-state index contributed by atoms with van der Waals surface area (Å²) >= 11 is 0. The summed E-state index contributed by atoms with van der Waals surface area (Å²) in [5.74, 6) is 0. The van der Waals surface area contributed by atoms with Gasteiger partial charge in [-0.25, -0.2) is 4.39 Å². The second-order valence-electron chi connectivity index (χ2n) is 5.48. The molecule has 0 saturated carbocycles. The molecule has 11 heteroatoms. The van der Waals surface area contributed by atoms with Crippen molar-refractivity contribution in [3.63, 3.8) is 0 Å². The molecule has 2 aliphatic rings. The van der Waals surface area contributed by atoms with E-state index < -0.39 is 74.7 Å². The van der Waals surface area contributed by atoms with Crippen LogP contribution in [0.25, 0.3) is 0 Å². The summed E-state index contributed by atoms with van der Waals surface area (Å²) in [6.07, 6.45) is -17.0. The van der Waals surface area contributed by atoms with Crippen molar-refractivity contribution < 1.29 is 54.3 Å². The molecule has 0 unspecified atom stereocenters. The number of halogens is 1. The number of hydrogen-bond donors (Lipinski definition) is 7. The molecule has 23 heavy (non-hydrogen) atoms. The van der Waals surface area contributed by atoms with Gasteiger partial charge in [0.05, 0.1) is 13.2 Å². The predicted octanol–water partition coefficient (Wildman–Crippen LogP) is -4.42. The Kier molecular flexibility index (Phi) is 6.24. The van der Waals surface area contributed by atoms with E-state index >= 15 is 0 Å². The molecule has 2 heterocycles. The van der Waals surface area contributed by atoms with Crippen molar-refractivity contribution >= 4 is 0 Å². The van der Waals surface area contributed by atoms with Gasteiger partial charge in [0.1, 0.15) is 42.7 Å². The standard InChI is InChI=1S/C12H21FO10/c13-5-7(17)6(16)3(1-14)22-12(5)23-10-4(2-15)21-11(20)9(19)8(10)18/h3-12,14-20H,1-2H2/t3-,4-,5-,6+,7-,8-,9-,10-,11-,12+/m1/s1. The molecule has 2 rings (SSSR count). The van der Waals surface area contributed by atoms with E-state index in [1.807, 2.05) is 0 Å². The van der Waals surface area contributed by atoms with E-state index in [2.05, 4.69) is 0 Å². The molecule has 2 fully saturated rings. The molecule has 2 aliphatic heterocycles. The first-order valence-electron chi connectivity index (χ1n) is 7.04. The zero-order valence-corrected chi connectivity index (χ0v) is 11.9. The van der Waals surface area contributed by atoms with Gasteiger partial charge in [-0.05, 0) is 0 Å². The molecule has 0 aromatic carbocycles. The minimum Gasteiger partial charge on any atom is -0.394 e. The third-order valence-electron chi connectivity index (χ3n) is 3.94. The third-order valence-corrected chi connectivity index (χ3v) is 3.94. The Balaban J connectivity index is 2.11. The van der Waals surface area contributed by atoms with Gasteiger partial charge in [-0.2, -0.15) is 0 Å². The molecular formula is C12H21FO10. The van der Waals surface area contributed by atoms with Crippen LogP contribution in [0.1, 0.15) is 0 Å². The van der Waals surface area contributed by atoms with E-state index in [0.717, 1.165) is 0 Å². The summed E-state index contributed by atoms with van der Waals surface area (Å²) in [6, 6.07) is 0. The normalized spacial score (nSPS) is 51.7. The Hall–Kier alpha value is -0.470. The number of hydrogen-bond acceptors (Lipinski definition) is 10. The molecule has 0 radical (unpaired) electrons. The molecule has 10 nitrogen and oxygen atoms in total. The molecule has 0 bridgehead atoms. The molecule has 7 N–H and O–H groups in total. The maximum Gasteiger partial charge on any atom is 0.192 e. The van der Waals surface area contributed by atoms with Gasteiger partial charge in [0.15, 0.2) is 18.8 Å². The highest BCUT2D eigenvalue weighted by molar-refractivity contribution is 4.93. The van der Waals surface area contributed by atoms with Crippen LogP contribution in [0.15, 0.2) is 0 Å². The number of aliphatic hydroxyl groups excluding tert-OH is 7. The average molecular weight is 344 g/mol. The minimum absolute atomic E-state index is 0.718. The lowest BCUT2D eigenvalue weighted by molar-refractivity contribution is -0.348. The van der Waals surface area contributed by atoms with Crippen molar-refractivity contribution in [3.05, 3.63) is 0 Å². The van der Waals surface area contributed by atoms with Crippen molar-refractivity contribution in [2.24, 2.45) is 0 Å². The Bertz CT molecular complexity index is 383. The second kappa shape index (κ2) is 7.61. The first-order valence-corrected chi connectivity index (χ1v) is 7.04. The van der Waals surface area contributed by atoms with E-state index in [4.69, 9.17) is 19.3 Å². The highest BCUT2D eigenvalue weighted by atomic mass is 19.1. The molecule has 0 aromatic heterocycles. The summed E-state index contributed by atoms with van der Waals surface area (Å²) in [6.45, 7) is -1.44. The lowest BCUT2D eigenvalue weighted by Gasteiger charge is -2.44. The fraction of sp³-hybridized carbons (Fsp3) is 1.00. The monoisotopic (exact) mass is 344 g/mol. The first kappa shape index (κ1) is 18.9.